The van der Waals surface area contributed by atoms with Gasteiger partial charge in [-0.25, -0.2) is 0 Å². The first-order chi connectivity index (χ1) is 7.61. The van der Waals surface area contributed by atoms with E-state index in [0.29, 0.717) is 13.0 Å². The van der Waals surface area contributed by atoms with Crippen LogP contribution in [-0.2, 0) is 9.59 Å². The highest BCUT2D eigenvalue weighted by Gasteiger charge is 2.09. The van der Waals surface area contributed by atoms with Crippen LogP contribution in [0.1, 0.15) is 13.3 Å². The van der Waals surface area contributed by atoms with Gasteiger partial charge in [-0.05, 0) is 6.07 Å². The molecular weight excluding hydrogens is 204 g/mol. The zero-order valence-corrected chi connectivity index (χ0v) is 9.49. The summed E-state index contributed by atoms with van der Waals surface area (Å²) >= 11 is 0. The number of amides is 2. The summed E-state index contributed by atoms with van der Waals surface area (Å²) in [6.45, 7) is 1.80. The Hall–Kier alpha value is -1.84. The number of rotatable bonds is 4. The molecule has 0 fully saturated rings. The van der Waals surface area contributed by atoms with E-state index in [1.54, 1.807) is 13.1 Å². The van der Waals surface area contributed by atoms with E-state index in [-0.39, 0.29) is 11.8 Å². The molecule has 1 N–H and O–H groups in total. The van der Waals surface area contributed by atoms with E-state index in [9.17, 15) is 9.59 Å². The SMILES string of the molecule is CC(=O)NCCC(=O)N(C)c1[c]cccc1. The number of carbonyl (C=O) groups is 2. The fraction of sp³-hybridized carbons (Fsp3) is 0.333. The van der Waals surface area contributed by atoms with Crippen molar-refractivity contribution in [2.24, 2.45) is 0 Å². The Morgan fingerprint density at radius 1 is 1.44 bits per heavy atom. The average Bonchev–Trinajstić information content (AvgIpc) is 2.28. The molecule has 0 unspecified atom stereocenters. The average molecular weight is 219 g/mol. The minimum atomic E-state index is -0.123. The van der Waals surface area contributed by atoms with Gasteiger partial charge in [-0.3, -0.25) is 9.59 Å². The van der Waals surface area contributed by atoms with Gasteiger partial charge in [-0.2, -0.15) is 0 Å². The van der Waals surface area contributed by atoms with Crippen molar-refractivity contribution in [1.29, 1.82) is 0 Å². The predicted octanol–water partition coefficient (Wildman–Crippen LogP) is 0.976. The third kappa shape index (κ3) is 3.73. The monoisotopic (exact) mass is 219 g/mol. The number of hydrogen-bond acceptors (Lipinski definition) is 2. The van der Waals surface area contributed by atoms with Crippen molar-refractivity contribution in [2.75, 3.05) is 18.5 Å². The van der Waals surface area contributed by atoms with E-state index in [2.05, 4.69) is 11.4 Å². The van der Waals surface area contributed by atoms with Gasteiger partial charge >= 0.3 is 0 Å². The molecule has 4 nitrogen and oxygen atoms in total. The van der Waals surface area contributed by atoms with Gasteiger partial charge < -0.3 is 10.2 Å². The smallest absolute Gasteiger partial charge is 0.228 e. The van der Waals surface area contributed by atoms with Crippen molar-refractivity contribution in [2.45, 2.75) is 13.3 Å². The largest absolute Gasteiger partial charge is 0.356 e. The van der Waals surface area contributed by atoms with Crippen LogP contribution in [0.15, 0.2) is 24.3 Å². The molecule has 1 aromatic carbocycles. The molecule has 0 heterocycles. The van der Waals surface area contributed by atoms with Gasteiger partial charge in [0.15, 0.2) is 0 Å². The lowest BCUT2D eigenvalue weighted by molar-refractivity contribution is -0.119. The quantitative estimate of drug-likeness (QED) is 0.820. The van der Waals surface area contributed by atoms with E-state index in [1.807, 2.05) is 18.2 Å². The third-order valence-corrected chi connectivity index (χ3v) is 2.14. The topological polar surface area (TPSA) is 49.4 Å². The molecule has 16 heavy (non-hydrogen) atoms. The van der Waals surface area contributed by atoms with Crippen LogP contribution in [0.3, 0.4) is 0 Å². The van der Waals surface area contributed by atoms with Gasteiger partial charge in [0.2, 0.25) is 11.8 Å². The van der Waals surface area contributed by atoms with Crippen LogP contribution in [0.2, 0.25) is 0 Å². The van der Waals surface area contributed by atoms with Crippen molar-refractivity contribution in [3.8, 4) is 0 Å². The minimum absolute atomic E-state index is 0.0452. The molecule has 0 aliphatic carbocycles. The number of para-hydroxylation sites is 1. The molecule has 1 aromatic rings. The molecule has 1 rings (SSSR count). The maximum absolute atomic E-state index is 11.7. The second-order valence-corrected chi connectivity index (χ2v) is 3.43. The first-order valence-electron chi connectivity index (χ1n) is 5.09. The number of benzene rings is 1. The molecular formula is C12H15N2O2. The Morgan fingerprint density at radius 2 is 2.19 bits per heavy atom. The number of carbonyl (C=O) groups excluding carboxylic acids is 2. The van der Waals surface area contributed by atoms with Crippen LogP contribution in [-0.4, -0.2) is 25.4 Å². The second kappa shape index (κ2) is 5.90. The Labute approximate surface area is 95.3 Å². The summed E-state index contributed by atoms with van der Waals surface area (Å²) in [7, 11) is 1.70. The molecule has 0 aliphatic heterocycles. The lowest BCUT2D eigenvalue weighted by Crippen LogP contribution is -2.31. The van der Waals surface area contributed by atoms with Crippen LogP contribution >= 0.6 is 0 Å². The fourth-order valence-electron chi connectivity index (χ4n) is 1.24. The normalized spacial score (nSPS) is 9.62. The summed E-state index contributed by atoms with van der Waals surface area (Å²) in [4.78, 5) is 23.8. The maximum atomic E-state index is 11.7. The highest BCUT2D eigenvalue weighted by molar-refractivity contribution is 5.92. The zero-order valence-electron chi connectivity index (χ0n) is 9.49. The minimum Gasteiger partial charge on any atom is -0.356 e. The van der Waals surface area contributed by atoms with E-state index in [0.717, 1.165) is 5.69 Å². The highest BCUT2D eigenvalue weighted by atomic mass is 16.2. The summed E-state index contributed by atoms with van der Waals surface area (Å²) in [6, 6.07) is 10.2. The first kappa shape index (κ1) is 12.2. The molecule has 0 saturated carbocycles. The summed E-state index contributed by atoms with van der Waals surface area (Å²) in [6.07, 6.45) is 0.290. The Bertz CT molecular complexity index is 363. The predicted molar refractivity (Wildman–Crippen MR) is 62.0 cm³/mol. The molecule has 0 atom stereocenters. The van der Waals surface area contributed by atoms with E-state index in [4.69, 9.17) is 0 Å². The fourth-order valence-corrected chi connectivity index (χ4v) is 1.24. The van der Waals surface area contributed by atoms with Crippen molar-refractivity contribution >= 4 is 17.5 Å². The Morgan fingerprint density at radius 3 is 2.75 bits per heavy atom. The van der Waals surface area contributed by atoms with Crippen LogP contribution in [0.5, 0.6) is 0 Å². The molecule has 0 aliphatic rings. The first-order valence-corrected chi connectivity index (χ1v) is 5.09. The van der Waals surface area contributed by atoms with E-state index >= 15 is 0 Å². The number of anilines is 1. The maximum Gasteiger partial charge on any atom is 0.228 e. The second-order valence-electron chi connectivity index (χ2n) is 3.43. The van der Waals surface area contributed by atoms with Gasteiger partial charge in [-0.1, -0.05) is 18.2 Å². The molecule has 0 aromatic heterocycles. The van der Waals surface area contributed by atoms with E-state index < -0.39 is 0 Å². The summed E-state index contributed by atoms with van der Waals surface area (Å²) < 4.78 is 0. The number of nitrogens with one attached hydrogen (secondary N) is 1. The van der Waals surface area contributed by atoms with Crippen molar-refractivity contribution < 1.29 is 9.59 Å². The van der Waals surface area contributed by atoms with Crippen molar-refractivity contribution in [3.63, 3.8) is 0 Å². The Balaban J connectivity index is 2.45. The molecule has 0 bridgehead atoms. The molecule has 4 heteroatoms. The molecule has 1 radical (unpaired) electrons. The van der Waals surface area contributed by atoms with Gasteiger partial charge in [0, 0.05) is 33.0 Å². The lowest BCUT2D eigenvalue weighted by atomic mass is 10.2. The number of hydrogen-bond donors (Lipinski definition) is 1. The lowest BCUT2D eigenvalue weighted by Gasteiger charge is -2.16. The summed E-state index contributed by atoms with van der Waals surface area (Å²) in [5, 5.41) is 2.59. The van der Waals surface area contributed by atoms with Crippen molar-refractivity contribution in [3.05, 3.63) is 30.3 Å². The summed E-state index contributed by atoms with van der Waals surface area (Å²) in [5.74, 6) is -0.169. The zero-order chi connectivity index (χ0) is 12.0. The third-order valence-electron chi connectivity index (χ3n) is 2.14. The van der Waals surface area contributed by atoms with E-state index in [1.165, 1.54) is 11.8 Å². The van der Waals surface area contributed by atoms with Crippen LogP contribution < -0.4 is 10.2 Å². The van der Waals surface area contributed by atoms with Gasteiger partial charge in [0.25, 0.3) is 0 Å². The van der Waals surface area contributed by atoms with Gasteiger partial charge in [-0.15, -0.1) is 0 Å². The molecule has 2 amide bonds. The van der Waals surface area contributed by atoms with Crippen molar-refractivity contribution in [1.82, 2.24) is 5.32 Å². The van der Waals surface area contributed by atoms with Crippen LogP contribution in [0.4, 0.5) is 5.69 Å². The Kier molecular flexibility index (Phi) is 4.51. The van der Waals surface area contributed by atoms with Gasteiger partial charge in [0.05, 0.1) is 5.69 Å². The number of nitrogens with zero attached hydrogens (tertiary/aromatic N) is 1. The van der Waals surface area contributed by atoms with Crippen LogP contribution in [0.25, 0.3) is 0 Å². The van der Waals surface area contributed by atoms with Gasteiger partial charge in [0.1, 0.15) is 0 Å². The standard InChI is InChI=1S/C12H15N2O2/c1-10(15)13-9-8-12(16)14(2)11-6-4-3-5-7-11/h3-6H,8-9H2,1-2H3,(H,13,15). The van der Waals surface area contributed by atoms with Crippen LogP contribution in [0, 0.1) is 6.07 Å². The molecule has 0 spiro atoms. The molecule has 85 valence electrons. The summed E-state index contributed by atoms with van der Waals surface area (Å²) in [5.41, 5.74) is 0.732. The molecule has 0 saturated heterocycles. The highest BCUT2D eigenvalue weighted by Crippen LogP contribution is 2.10.